The van der Waals surface area contributed by atoms with Gasteiger partial charge in [0.15, 0.2) is 5.82 Å². The molecular weight excluding hydrogens is 340 g/mol. The number of amides is 1. The van der Waals surface area contributed by atoms with E-state index < -0.39 is 0 Å². The minimum Gasteiger partial charge on any atom is -0.360 e. The molecule has 25 heavy (non-hydrogen) atoms. The van der Waals surface area contributed by atoms with Gasteiger partial charge in [0.05, 0.1) is 28.2 Å². The zero-order valence-electron chi connectivity index (χ0n) is 14.1. The Kier molecular flexibility index (Phi) is 4.72. The zero-order chi connectivity index (χ0) is 18.0. The monoisotopic (exact) mass is 356 g/mol. The first-order valence-electron chi connectivity index (χ1n) is 7.66. The molecule has 0 saturated heterocycles. The van der Waals surface area contributed by atoms with Gasteiger partial charge < -0.3 is 15.2 Å². The SMILES string of the molecule is Cc1cc(C)c(Nc2cncc(C(=O)Nc3cc(C)on3)c2)c(Cl)c1. The molecule has 2 heterocycles. The summed E-state index contributed by atoms with van der Waals surface area (Å²) in [5, 5.41) is 10.2. The number of anilines is 3. The molecule has 7 heteroatoms. The lowest BCUT2D eigenvalue weighted by Crippen LogP contribution is -2.12. The predicted octanol–water partition coefficient (Wildman–Crippen LogP) is 4.64. The molecule has 3 aromatic rings. The minimum absolute atomic E-state index is 0.323. The van der Waals surface area contributed by atoms with Crippen molar-refractivity contribution >= 4 is 34.7 Å². The van der Waals surface area contributed by atoms with Gasteiger partial charge >= 0.3 is 0 Å². The largest absolute Gasteiger partial charge is 0.360 e. The first kappa shape index (κ1) is 17.0. The van der Waals surface area contributed by atoms with Crippen LogP contribution in [-0.4, -0.2) is 16.0 Å². The van der Waals surface area contributed by atoms with Crippen molar-refractivity contribution in [3.8, 4) is 0 Å². The molecule has 1 aromatic carbocycles. The van der Waals surface area contributed by atoms with Gasteiger partial charge in [-0.1, -0.05) is 22.8 Å². The highest BCUT2D eigenvalue weighted by atomic mass is 35.5. The lowest BCUT2D eigenvalue weighted by molar-refractivity contribution is 0.102. The number of hydrogen-bond donors (Lipinski definition) is 2. The van der Waals surface area contributed by atoms with Gasteiger partial charge in [0, 0.05) is 12.3 Å². The van der Waals surface area contributed by atoms with Gasteiger partial charge in [0.2, 0.25) is 0 Å². The number of benzene rings is 1. The molecule has 1 amide bonds. The number of rotatable bonds is 4. The third-order valence-electron chi connectivity index (χ3n) is 3.57. The lowest BCUT2D eigenvalue weighted by Gasteiger charge is -2.13. The number of nitrogens with zero attached hydrogens (tertiary/aromatic N) is 2. The van der Waals surface area contributed by atoms with Gasteiger partial charge in [-0.25, -0.2) is 0 Å². The fraction of sp³-hybridized carbons (Fsp3) is 0.167. The molecule has 2 aromatic heterocycles. The summed E-state index contributed by atoms with van der Waals surface area (Å²) in [6.45, 7) is 5.71. The van der Waals surface area contributed by atoms with Crippen molar-refractivity contribution in [2.45, 2.75) is 20.8 Å². The fourth-order valence-electron chi connectivity index (χ4n) is 2.46. The van der Waals surface area contributed by atoms with Crippen molar-refractivity contribution in [1.29, 1.82) is 0 Å². The van der Waals surface area contributed by atoms with Gasteiger partial charge in [0.25, 0.3) is 5.91 Å². The number of carbonyl (C=O) groups excluding carboxylic acids is 1. The van der Waals surface area contributed by atoms with Gasteiger partial charge in [0.1, 0.15) is 5.76 Å². The third kappa shape index (κ3) is 3.97. The topological polar surface area (TPSA) is 80.0 Å². The summed E-state index contributed by atoms with van der Waals surface area (Å²) in [6, 6.07) is 7.26. The highest BCUT2D eigenvalue weighted by Gasteiger charge is 2.11. The molecule has 0 radical (unpaired) electrons. The van der Waals surface area contributed by atoms with Crippen molar-refractivity contribution in [3.63, 3.8) is 0 Å². The van der Waals surface area contributed by atoms with Crippen LogP contribution in [0.5, 0.6) is 0 Å². The summed E-state index contributed by atoms with van der Waals surface area (Å²) in [5.41, 5.74) is 3.95. The van der Waals surface area contributed by atoms with Gasteiger partial charge in [-0.3, -0.25) is 9.78 Å². The van der Waals surface area contributed by atoms with E-state index in [-0.39, 0.29) is 5.91 Å². The molecule has 0 aliphatic rings. The Morgan fingerprint density at radius 1 is 1.12 bits per heavy atom. The molecule has 0 atom stereocenters. The Balaban J connectivity index is 1.81. The fourth-order valence-corrected chi connectivity index (χ4v) is 2.83. The van der Waals surface area contributed by atoms with Crippen LogP contribution >= 0.6 is 11.6 Å². The van der Waals surface area contributed by atoms with E-state index in [0.717, 1.165) is 16.8 Å². The molecular formula is C18H17ClN4O2. The molecule has 128 valence electrons. The Morgan fingerprint density at radius 2 is 1.92 bits per heavy atom. The number of halogens is 1. The normalized spacial score (nSPS) is 10.6. The van der Waals surface area contributed by atoms with Crippen LogP contribution < -0.4 is 10.6 Å². The van der Waals surface area contributed by atoms with Crippen LogP contribution in [0.25, 0.3) is 0 Å². The number of carbonyl (C=O) groups is 1. The van der Waals surface area contributed by atoms with Crippen molar-refractivity contribution in [3.05, 3.63) is 64.1 Å². The highest BCUT2D eigenvalue weighted by molar-refractivity contribution is 6.33. The number of aryl methyl sites for hydroxylation is 3. The van der Waals surface area contributed by atoms with E-state index in [1.165, 1.54) is 6.20 Å². The zero-order valence-corrected chi connectivity index (χ0v) is 14.8. The van der Waals surface area contributed by atoms with E-state index in [0.29, 0.717) is 27.9 Å². The first-order chi connectivity index (χ1) is 11.9. The van der Waals surface area contributed by atoms with Gasteiger partial charge in [-0.15, -0.1) is 0 Å². The third-order valence-corrected chi connectivity index (χ3v) is 3.87. The Morgan fingerprint density at radius 3 is 2.60 bits per heavy atom. The molecule has 0 aliphatic heterocycles. The summed E-state index contributed by atoms with van der Waals surface area (Å²) < 4.78 is 4.93. The van der Waals surface area contributed by atoms with E-state index in [9.17, 15) is 4.79 Å². The number of aromatic nitrogens is 2. The van der Waals surface area contributed by atoms with E-state index in [2.05, 4.69) is 20.8 Å². The van der Waals surface area contributed by atoms with Crippen LogP contribution in [0.1, 0.15) is 27.2 Å². The van der Waals surface area contributed by atoms with Crippen molar-refractivity contribution < 1.29 is 9.32 Å². The highest BCUT2D eigenvalue weighted by Crippen LogP contribution is 2.30. The second kappa shape index (κ2) is 6.94. The maximum Gasteiger partial charge on any atom is 0.258 e. The molecule has 0 saturated carbocycles. The smallest absolute Gasteiger partial charge is 0.258 e. The number of nitrogens with one attached hydrogen (secondary N) is 2. The van der Waals surface area contributed by atoms with Crippen molar-refractivity contribution in [2.75, 3.05) is 10.6 Å². The molecule has 0 unspecified atom stereocenters. The molecule has 2 N–H and O–H groups in total. The molecule has 0 aliphatic carbocycles. The Bertz CT molecular complexity index is 913. The first-order valence-corrected chi connectivity index (χ1v) is 8.03. The summed E-state index contributed by atoms with van der Waals surface area (Å²) >= 11 is 6.32. The van der Waals surface area contributed by atoms with Crippen LogP contribution in [0.4, 0.5) is 17.2 Å². The second-order valence-electron chi connectivity index (χ2n) is 5.80. The van der Waals surface area contributed by atoms with Crippen LogP contribution in [0.15, 0.2) is 41.2 Å². The number of pyridine rings is 1. The standard InChI is InChI=1S/C18H17ClN4O2/c1-10-4-11(2)17(15(19)5-10)21-14-7-13(8-20-9-14)18(24)22-16-6-12(3)25-23-16/h4-9,21H,1-3H3,(H,22,23,24). The molecule has 0 bridgehead atoms. The molecule has 6 nitrogen and oxygen atoms in total. The van der Waals surface area contributed by atoms with Crippen LogP contribution in [-0.2, 0) is 0 Å². The summed E-state index contributed by atoms with van der Waals surface area (Å²) in [6.07, 6.45) is 3.11. The van der Waals surface area contributed by atoms with Crippen LogP contribution in [0.2, 0.25) is 5.02 Å². The summed E-state index contributed by atoms with van der Waals surface area (Å²) in [5.74, 6) is 0.655. The lowest BCUT2D eigenvalue weighted by atomic mass is 10.1. The van der Waals surface area contributed by atoms with Gasteiger partial charge in [-0.05, 0) is 44.0 Å². The van der Waals surface area contributed by atoms with E-state index >= 15 is 0 Å². The Labute approximate surface area is 150 Å². The van der Waals surface area contributed by atoms with Crippen molar-refractivity contribution in [2.24, 2.45) is 0 Å². The average Bonchev–Trinajstić information content (AvgIpc) is 2.96. The van der Waals surface area contributed by atoms with E-state index in [1.54, 1.807) is 25.3 Å². The molecule has 3 rings (SSSR count). The predicted molar refractivity (Wildman–Crippen MR) is 97.6 cm³/mol. The molecule has 0 fully saturated rings. The number of hydrogen-bond acceptors (Lipinski definition) is 5. The minimum atomic E-state index is -0.323. The van der Waals surface area contributed by atoms with Gasteiger partial charge in [-0.2, -0.15) is 0 Å². The summed E-state index contributed by atoms with van der Waals surface area (Å²) in [4.78, 5) is 16.4. The maximum absolute atomic E-state index is 12.3. The van der Waals surface area contributed by atoms with E-state index in [1.807, 2.05) is 26.0 Å². The second-order valence-corrected chi connectivity index (χ2v) is 6.21. The van der Waals surface area contributed by atoms with Crippen LogP contribution in [0.3, 0.4) is 0 Å². The van der Waals surface area contributed by atoms with Crippen LogP contribution in [0, 0.1) is 20.8 Å². The van der Waals surface area contributed by atoms with E-state index in [4.69, 9.17) is 16.1 Å². The molecule has 0 spiro atoms. The maximum atomic E-state index is 12.3. The van der Waals surface area contributed by atoms with Crippen molar-refractivity contribution in [1.82, 2.24) is 10.1 Å². The average molecular weight is 357 g/mol. The summed E-state index contributed by atoms with van der Waals surface area (Å²) in [7, 11) is 0. The quantitative estimate of drug-likeness (QED) is 0.711. The Hall–Kier alpha value is -2.86.